The largest absolute Gasteiger partial charge is 0.492 e. The standard InChI is InChI=1S/C25H27N3O4S/c1-4-8-24-27-19(15-33-24)17-11-12-22-20(13-17)28(25(30)16(3)32-22)14-23(29)26-18-9-6-7-10-21(18)31-5-2/h6-7,9-13,15-16H,4-5,8,14H2,1-3H3,(H,26,29). The minimum atomic E-state index is -0.678. The Labute approximate surface area is 197 Å². The molecule has 4 rings (SSSR count). The van der Waals surface area contributed by atoms with Crippen molar-refractivity contribution in [3.63, 3.8) is 0 Å². The number of ether oxygens (including phenoxy) is 2. The molecule has 1 aliphatic rings. The summed E-state index contributed by atoms with van der Waals surface area (Å²) in [7, 11) is 0. The van der Waals surface area contributed by atoms with Crippen LogP contribution in [-0.4, -0.2) is 36.1 Å². The van der Waals surface area contributed by atoms with Crippen LogP contribution in [0.25, 0.3) is 11.3 Å². The molecule has 0 saturated carbocycles. The molecule has 1 aromatic heterocycles. The van der Waals surface area contributed by atoms with Crippen LogP contribution < -0.4 is 19.7 Å². The first kappa shape index (κ1) is 22.8. The second-order valence-corrected chi connectivity index (χ2v) is 8.66. The third-order valence-electron chi connectivity index (χ3n) is 5.24. The van der Waals surface area contributed by atoms with Gasteiger partial charge in [-0.3, -0.25) is 14.5 Å². The summed E-state index contributed by atoms with van der Waals surface area (Å²) in [6.07, 6.45) is 1.29. The van der Waals surface area contributed by atoms with Crippen LogP contribution in [0.4, 0.5) is 11.4 Å². The third kappa shape index (κ3) is 5.01. The zero-order valence-electron chi connectivity index (χ0n) is 19.0. The van der Waals surface area contributed by atoms with Gasteiger partial charge in [0.15, 0.2) is 6.10 Å². The third-order valence-corrected chi connectivity index (χ3v) is 6.15. The Balaban J connectivity index is 1.59. The monoisotopic (exact) mass is 465 g/mol. The van der Waals surface area contributed by atoms with E-state index in [4.69, 9.17) is 14.5 Å². The van der Waals surface area contributed by atoms with Crippen LogP contribution in [0.15, 0.2) is 47.8 Å². The van der Waals surface area contributed by atoms with Crippen LogP contribution in [0.2, 0.25) is 0 Å². The van der Waals surface area contributed by atoms with Crippen molar-refractivity contribution in [3.05, 3.63) is 52.9 Å². The summed E-state index contributed by atoms with van der Waals surface area (Å²) in [6.45, 7) is 6.04. The van der Waals surface area contributed by atoms with Crippen LogP contribution in [0, 0.1) is 0 Å². The molecule has 8 heteroatoms. The van der Waals surface area contributed by atoms with Crippen molar-refractivity contribution in [2.75, 3.05) is 23.4 Å². The van der Waals surface area contributed by atoms with E-state index >= 15 is 0 Å². The molecule has 0 spiro atoms. The Kier molecular flexibility index (Phi) is 6.93. The average Bonchev–Trinajstić information content (AvgIpc) is 3.27. The normalized spacial score (nSPS) is 15.1. The average molecular weight is 466 g/mol. The number of para-hydroxylation sites is 2. The minimum Gasteiger partial charge on any atom is -0.492 e. The lowest BCUT2D eigenvalue weighted by atomic mass is 10.1. The number of hydrogen-bond donors (Lipinski definition) is 1. The molecule has 1 N–H and O–H groups in total. The number of aromatic nitrogens is 1. The van der Waals surface area contributed by atoms with Crippen LogP contribution in [0.3, 0.4) is 0 Å². The maximum Gasteiger partial charge on any atom is 0.268 e. The predicted octanol–water partition coefficient (Wildman–Crippen LogP) is 4.91. The van der Waals surface area contributed by atoms with E-state index in [2.05, 4.69) is 12.2 Å². The quantitative estimate of drug-likeness (QED) is 0.511. The summed E-state index contributed by atoms with van der Waals surface area (Å²) in [4.78, 5) is 32.1. The molecule has 0 radical (unpaired) electrons. The van der Waals surface area contributed by atoms with Crippen LogP contribution in [0.1, 0.15) is 32.2 Å². The Bertz CT molecular complexity index is 1160. The molecular formula is C25H27N3O4S. The Morgan fingerprint density at radius 1 is 1.24 bits per heavy atom. The van der Waals surface area contributed by atoms with Gasteiger partial charge in [-0.15, -0.1) is 11.3 Å². The van der Waals surface area contributed by atoms with Gasteiger partial charge in [-0.25, -0.2) is 4.98 Å². The number of nitrogens with one attached hydrogen (secondary N) is 1. The topological polar surface area (TPSA) is 80.8 Å². The molecule has 0 saturated heterocycles. The second-order valence-electron chi connectivity index (χ2n) is 7.72. The number of benzene rings is 2. The van der Waals surface area contributed by atoms with E-state index in [1.807, 2.05) is 42.6 Å². The van der Waals surface area contributed by atoms with Gasteiger partial charge in [0.25, 0.3) is 5.91 Å². The molecule has 2 heterocycles. The minimum absolute atomic E-state index is 0.137. The number of rotatable bonds is 8. The fourth-order valence-electron chi connectivity index (χ4n) is 3.69. The maximum atomic E-state index is 13.0. The van der Waals surface area contributed by atoms with E-state index in [9.17, 15) is 9.59 Å². The lowest BCUT2D eigenvalue weighted by molar-refractivity contribution is -0.127. The van der Waals surface area contributed by atoms with Crippen molar-refractivity contribution in [1.82, 2.24) is 4.98 Å². The SMILES string of the molecule is CCCc1nc(-c2ccc3c(c2)N(CC(=O)Nc2ccccc2OCC)C(=O)C(C)O3)cs1. The molecule has 2 amide bonds. The first-order chi connectivity index (χ1) is 16.0. The Morgan fingerprint density at radius 2 is 2.06 bits per heavy atom. The van der Waals surface area contributed by atoms with E-state index in [1.54, 1.807) is 30.4 Å². The van der Waals surface area contributed by atoms with E-state index < -0.39 is 6.10 Å². The number of fused-ring (bicyclic) bond motifs is 1. The zero-order chi connectivity index (χ0) is 23.4. The smallest absolute Gasteiger partial charge is 0.268 e. The maximum absolute atomic E-state index is 13.0. The first-order valence-corrected chi connectivity index (χ1v) is 12.0. The van der Waals surface area contributed by atoms with Gasteiger partial charge in [0.2, 0.25) is 5.91 Å². The number of anilines is 2. The second kappa shape index (κ2) is 10.0. The first-order valence-electron chi connectivity index (χ1n) is 11.1. The predicted molar refractivity (Wildman–Crippen MR) is 130 cm³/mol. The van der Waals surface area contributed by atoms with Crippen molar-refractivity contribution in [1.29, 1.82) is 0 Å². The van der Waals surface area contributed by atoms with Gasteiger partial charge < -0.3 is 14.8 Å². The number of aryl methyl sites for hydroxylation is 1. The van der Waals surface area contributed by atoms with E-state index in [0.717, 1.165) is 29.1 Å². The Morgan fingerprint density at radius 3 is 2.85 bits per heavy atom. The van der Waals surface area contributed by atoms with E-state index in [1.165, 1.54) is 4.90 Å². The highest BCUT2D eigenvalue weighted by molar-refractivity contribution is 7.09. The molecule has 1 aliphatic heterocycles. The molecule has 0 fully saturated rings. The molecule has 172 valence electrons. The highest BCUT2D eigenvalue weighted by Gasteiger charge is 2.33. The number of carbonyl (C=O) groups is 2. The van der Waals surface area contributed by atoms with Crippen molar-refractivity contribution in [2.45, 2.75) is 39.7 Å². The highest BCUT2D eigenvalue weighted by Crippen LogP contribution is 2.38. The number of amides is 2. The van der Waals surface area contributed by atoms with Gasteiger partial charge in [-0.1, -0.05) is 19.1 Å². The summed E-state index contributed by atoms with van der Waals surface area (Å²) >= 11 is 1.63. The van der Waals surface area contributed by atoms with Gasteiger partial charge in [0.1, 0.15) is 18.0 Å². The van der Waals surface area contributed by atoms with E-state index in [-0.39, 0.29) is 18.4 Å². The molecule has 0 bridgehead atoms. The Hall–Kier alpha value is -3.39. The summed E-state index contributed by atoms with van der Waals surface area (Å²) in [5.41, 5.74) is 2.87. The summed E-state index contributed by atoms with van der Waals surface area (Å²) in [5.74, 6) is 0.569. The molecular weight excluding hydrogens is 438 g/mol. The molecule has 1 atom stereocenters. The lowest BCUT2D eigenvalue weighted by Crippen LogP contribution is -2.47. The fourth-order valence-corrected chi connectivity index (χ4v) is 4.60. The van der Waals surface area contributed by atoms with Gasteiger partial charge in [0, 0.05) is 10.9 Å². The molecule has 2 aromatic carbocycles. The molecule has 7 nitrogen and oxygen atoms in total. The van der Waals surface area contributed by atoms with Crippen LogP contribution in [0.5, 0.6) is 11.5 Å². The van der Waals surface area contributed by atoms with E-state index in [0.29, 0.717) is 29.5 Å². The molecule has 3 aromatic rings. The zero-order valence-corrected chi connectivity index (χ0v) is 19.8. The van der Waals surface area contributed by atoms with Gasteiger partial charge >= 0.3 is 0 Å². The number of hydrogen-bond acceptors (Lipinski definition) is 6. The van der Waals surface area contributed by atoms with Crippen molar-refractivity contribution in [2.24, 2.45) is 0 Å². The van der Waals surface area contributed by atoms with Gasteiger partial charge in [-0.05, 0) is 57.0 Å². The van der Waals surface area contributed by atoms with Crippen molar-refractivity contribution >= 4 is 34.5 Å². The fraction of sp³-hybridized carbons (Fsp3) is 0.320. The van der Waals surface area contributed by atoms with Crippen molar-refractivity contribution in [3.8, 4) is 22.8 Å². The number of carbonyl (C=O) groups excluding carboxylic acids is 2. The summed E-state index contributed by atoms with van der Waals surface area (Å²) in [6, 6.07) is 12.9. The molecule has 1 unspecified atom stereocenters. The van der Waals surface area contributed by atoms with Crippen LogP contribution in [-0.2, 0) is 16.0 Å². The van der Waals surface area contributed by atoms with Crippen LogP contribution >= 0.6 is 11.3 Å². The lowest BCUT2D eigenvalue weighted by Gasteiger charge is -2.33. The summed E-state index contributed by atoms with van der Waals surface area (Å²) in [5, 5.41) is 5.96. The van der Waals surface area contributed by atoms with Gasteiger partial charge in [0.05, 0.1) is 28.7 Å². The molecule has 0 aliphatic carbocycles. The highest BCUT2D eigenvalue weighted by atomic mass is 32.1. The number of thiazole rings is 1. The number of nitrogens with zero attached hydrogens (tertiary/aromatic N) is 2. The summed E-state index contributed by atoms with van der Waals surface area (Å²) < 4.78 is 11.4. The molecule has 33 heavy (non-hydrogen) atoms. The van der Waals surface area contributed by atoms with Gasteiger partial charge in [-0.2, -0.15) is 0 Å². The van der Waals surface area contributed by atoms with Crippen molar-refractivity contribution < 1.29 is 19.1 Å².